The lowest BCUT2D eigenvalue weighted by Crippen LogP contribution is -2.39. The molecule has 0 aliphatic carbocycles. The number of carbonyl (C=O) groups excluding carboxylic acids is 2. The van der Waals surface area contributed by atoms with E-state index in [0.717, 1.165) is 22.5 Å². The first kappa shape index (κ1) is 15.1. The van der Waals surface area contributed by atoms with Crippen LogP contribution in [0.4, 0.5) is 11.4 Å². The fraction of sp³-hybridized carbons (Fsp3) is 0.222. The van der Waals surface area contributed by atoms with E-state index >= 15 is 0 Å². The van der Waals surface area contributed by atoms with Gasteiger partial charge < -0.3 is 15.4 Å². The van der Waals surface area contributed by atoms with Gasteiger partial charge in [0.2, 0.25) is 5.91 Å². The number of rotatable bonds is 3. The third-order valence-corrected chi connectivity index (χ3v) is 3.89. The summed E-state index contributed by atoms with van der Waals surface area (Å²) in [5, 5.41) is 5.86. The Hall–Kier alpha value is -2.82. The number of aryl methyl sites for hydroxylation is 2. The predicted molar refractivity (Wildman–Crippen MR) is 88.7 cm³/mol. The van der Waals surface area contributed by atoms with E-state index in [0.29, 0.717) is 5.75 Å². The molecule has 23 heavy (non-hydrogen) atoms. The minimum Gasteiger partial charge on any atom is -0.423 e. The zero-order chi connectivity index (χ0) is 16.4. The van der Waals surface area contributed by atoms with Gasteiger partial charge in [0, 0.05) is 5.69 Å². The van der Waals surface area contributed by atoms with E-state index in [2.05, 4.69) is 10.6 Å². The van der Waals surface area contributed by atoms with Crippen molar-refractivity contribution in [2.24, 2.45) is 0 Å². The Labute approximate surface area is 134 Å². The molecule has 3 rings (SSSR count). The van der Waals surface area contributed by atoms with Crippen molar-refractivity contribution in [2.75, 3.05) is 10.6 Å². The van der Waals surface area contributed by atoms with Gasteiger partial charge in [0.15, 0.2) is 5.75 Å². The second-order valence-electron chi connectivity index (χ2n) is 5.67. The number of hydrogen-bond acceptors (Lipinski definition) is 4. The van der Waals surface area contributed by atoms with Gasteiger partial charge in [0.1, 0.15) is 6.04 Å². The molecule has 0 aromatic heterocycles. The van der Waals surface area contributed by atoms with Gasteiger partial charge in [0.05, 0.1) is 12.1 Å². The second-order valence-corrected chi connectivity index (χ2v) is 5.67. The van der Waals surface area contributed by atoms with Gasteiger partial charge in [-0.25, -0.2) is 4.79 Å². The van der Waals surface area contributed by atoms with Gasteiger partial charge in [-0.05, 0) is 49.2 Å². The highest BCUT2D eigenvalue weighted by atomic mass is 16.5. The number of anilines is 2. The maximum atomic E-state index is 12.2. The highest BCUT2D eigenvalue weighted by molar-refractivity contribution is 5.97. The Morgan fingerprint density at radius 1 is 1.17 bits per heavy atom. The molecule has 1 aliphatic rings. The Kier molecular flexibility index (Phi) is 4.02. The van der Waals surface area contributed by atoms with Crippen LogP contribution in [-0.4, -0.2) is 17.9 Å². The molecule has 0 saturated carbocycles. The lowest BCUT2D eigenvalue weighted by Gasteiger charge is -2.25. The highest BCUT2D eigenvalue weighted by Gasteiger charge is 2.29. The molecule has 2 aromatic rings. The highest BCUT2D eigenvalue weighted by Crippen LogP contribution is 2.29. The van der Waals surface area contributed by atoms with Crippen LogP contribution in [0.1, 0.15) is 17.5 Å². The topological polar surface area (TPSA) is 67.4 Å². The number of hydrogen-bond donors (Lipinski definition) is 2. The van der Waals surface area contributed by atoms with Crippen molar-refractivity contribution in [3.05, 3.63) is 53.6 Å². The van der Waals surface area contributed by atoms with Crippen LogP contribution in [0.25, 0.3) is 0 Å². The van der Waals surface area contributed by atoms with Crippen LogP contribution in [-0.2, 0) is 9.59 Å². The lowest BCUT2D eigenvalue weighted by molar-refractivity contribution is -0.137. The van der Waals surface area contributed by atoms with Crippen LogP contribution < -0.4 is 15.4 Å². The van der Waals surface area contributed by atoms with Gasteiger partial charge in [-0.15, -0.1) is 0 Å². The molecular weight excluding hydrogens is 292 g/mol. The number of benzene rings is 2. The Bertz CT molecular complexity index is 771. The summed E-state index contributed by atoms with van der Waals surface area (Å²) in [7, 11) is 0. The number of para-hydroxylation sites is 2. The smallest absolute Gasteiger partial charge is 0.334 e. The predicted octanol–water partition coefficient (Wildman–Crippen LogP) is 3.03. The number of fused-ring (bicyclic) bond motifs is 1. The van der Waals surface area contributed by atoms with Crippen LogP contribution in [0.15, 0.2) is 42.5 Å². The largest absolute Gasteiger partial charge is 0.423 e. The fourth-order valence-electron chi connectivity index (χ4n) is 2.45. The lowest BCUT2D eigenvalue weighted by atomic mass is 10.1. The zero-order valence-corrected chi connectivity index (χ0v) is 13.1. The summed E-state index contributed by atoms with van der Waals surface area (Å²) in [4.78, 5) is 24.2. The summed E-state index contributed by atoms with van der Waals surface area (Å²) in [6, 6.07) is 12.2. The Morgan fingerprint density at radius 2 is 1.96 bits per heavy atom. The molecule has 1 atom stereocenters. The van der Waals surface area contributed by atoms with Crippen LogP contribution >= 0.6 is 0 Å². The van der Waals surface area contributed by atoms with E-state index < -0.39 is 12.0 Å². The van der Waals surface area contributed by atoms with Gasteiger partial charge >= 0.3 is 5.97 Å². The molecule has 5 heteroatoms. The van der Waals surface area contributed by atoms with Crippen molar-refractivity contribution in [1.82, 2.24) is 0 Å². The zero-order valence-electron chi connectivity index (χ0n) is 13.1. The summed E-state index contributed by atoms with van der Waals surface area (Å²) in [5.74, 6) is -0.190. The van der Waals surface area contributed by atoms with E-state index in [1.54, 1.807) is 12.1 Å². The molecule has 1 heterocycles. The number of carbonyl (C=O) groups is 2. The molecule has 118 valence electrons. The summed E-state index contributed by atoms with van der Waals surface area (Å²) >= 11 is 0. The molecular formula is C18H18N2O3. The second kappa shape index (κ2) is 6.12. The molecule has 2 aromatic carbocycles. The van der Waals surface area contributed by atoms with Gasteiger partial charge in [-0.1, -0.05) is 18.2 Å². The van der Waals surface area contributed by atoms with E-state index in [1.807, 2.05) is 44.2 Å². The van der Waals surface area contributed by atoms with Crippen LogP contribution in [0, 0.1) is 13.8 Å². The molecule has 1 amide bonds. The number of nitrogens with one attached hydrogen (secondary N) is 2. The minimum atomic E-state index is -0.684. The van der Waals surface area contributed by atoms with E-state index in [1.165, 1.54) is 0 Å². The molecule has 5 nitrogen and oxygen atoms in total. The van der Waals surface area contributed by atoms with Gasteiger partial charge in [-0.3, -0.25) is 4.79 Å². The SMILES string of the molecule is Cc1ccc(NC(=O)C[C@H]2Nc3ccccc3OC2=O)cc1C. The number of ether oxygens (including phenoxy) is 1. The molecule has 0 spiro atoms. The first-order chi connectivity index (χ1) is 11.0. The van der Waals surface area contributed by atoms with Crippen molar-refractivity contribution >= 4 is 23.3 Å². The summed E-state index contributed by atoms with van der Waals surface area (Å²) in [6.07, 6.45) is 0.0140. The summed E-state index contributed by atoms with van der Waals surface area (Å²) < 4.78 is 5.25. The standard InChI is InChI=1S/C18H18N2O3/c1-11-7-8-13(9-12(11)2)19-17(21)10-15-18(22)23-16-6-4-3-5-14(16)20-15/h3-9,15,20H,10H2,1-2H3,(H,19,21)/t15-/m1/s1. The van der Waals surface area contributed by atoms with Crippen LogP contribution in [0.2, 0.25) is 0 Å². The first-order valence-corrected chi connectivity index (χ1v) is 7.47. The third kappa shape index (κ3) is 3.34. The number of esters is 1. The van der Waals surface area contributed by atoms with Gasteiger partial charge in [-0.2, -0.15) is 0 Å². The van der Waals surface area contributed by atoms with E-state index in [4.69, 9.17) is 4.74 Å². The third-order valence-electron chi connectivity index (χ3n) is 3.89. The molecule has 0 radical (unpaired) electrons. The molecule has 0 unspecified atom stereocenters. The van der Waals surface area contributed by atoms with Crippen molar-refractivity contribution in [3.63, 3.8) is 0 Å². The minimum absolute atomic E-state index is 0.0140. The van der Waals surface area contributed by atoms with Crippen LogP contribution in [0.3, 0.4) is 0 Å². The molecule has 2 N–H and O–H groups in total. The molecule has 0 fully saturated rings. The van der Waals surface area contributed by atoms with Crippen molar-refractivity contribution in [3.8, 4) is 5.75 Å². The summed E-state index contributed by atoms with van der Waals surface area (Å²) in [5.41, 5.74) is 3.71. The maximum Gasteiger partial charge on any atom is 0.334 e. The van der Waals surface area contributed by atoms with E-state index in [-0.39, 0.29) is 12.3 Å². The number of amides is 1. The monoisotopic (exact) mass is 310 g/mol. The average molecular weight is 310 g/mol. The fourth-order valence-corrected chi connectivity index (χ4v) is 2.45. The van der Waals surface area contributed by atoms with Crippen molar-refractivity contribution in [2.45, 2.75) is 26.3 Å². The normalized spacial score (nSPS) is 16.1. The molecule has 1 aliphatic heterocycles. The summed E-state index contributed by atoms with van der Waals surface area (Å²) in [6.45, 7) is 4.00. The van der Waals surface area contributed by atoms with Crippen LogP contribution in [0.5, 0.6) is 5.75 Å². The van der Waals surface area contributed by atoms with Crippen molar-refractivity contribution in [1.29, 1.82) is 0 Å². The van der Waals surface area contributed by atoms with Gasteiger partial charge in [0.25, 0.3) is 0 Å². The average Bonchev–Trinajstić information content (AvgIpc) is 2.51. The molecule has 0 bridgehead atoms. The van der Waals surface area contributed by atoms with E-state index in [9.17, 15) is 9.59 Å². The first-order valence-electron chi connectivity index (χ1n) is 7.47. The Morgan fingerprint density at radius 3 is 2.74 bits per heavy atom. The Balaban J connectivity index is 1.66. The molecule has 0 saturated heterocycles. The van der Waals surface area contributed by atoms with Crippen molar-refractivity contribution < 1.29 is 14.3 Å². The quantitative estimate of drug-likeness (QED) is 0.675. The maximum absolute atomic E-state index is 12.2.